The van der Waals surface area contributed by atoms with E-state index in [2.05, 4.69) is 28.0 Å². The zero-order chi connectivity index (χ0) is 22.6. The second kappa shape index (κ2) is 7.95. The van der Waals surface area contributed by atoms with E-state index < -0.39 is 11.6 Å². The standard InChI is InChI=1S/C23H19F2IN4O2/c1-12-22(13(2)32-28-12)14-6-9-19-18(10-14)27-23(30(19)26)20-4-3-5-21(31)29(20)15-7-8-16(24)17(25)11-15/h6-11,20H,3-5H2,1-2H3. The summed E-state index contributed by atoms with van der Waals surface area (Å²) < 4.78 is 34.7. The van der Waals surface area contributed by atoms with E-state index in [4.69, 9.17) is 9.51 Å². The van der Waals surface area contributed by atoms with Crippen molar-refractivity contribution in [3.8, 4) is 11.1 Å². The molecule has 1 aliphatic heterocycles. The fraction of sp³-hybridized carbons (Fsp3) is 0.261. The number of carbonyl (C=O) groups excluding carboxylic acids is 1. The lowest BCUT2D eigenvalue weighted by molar-refractivity contribution is -0.120. The van der Waals surface area contributed by atoms with Gasteiger partial charge in [-0.05, 0) is 56.5 Å². The van der Waals surface area contributed by atoms with Gasteiger partial charge in [-0.15, -0.1) is 0 Å². The highest BCUT2D eigenvalue weighted by atomic mass is 127. The van der Waals surface area contributed by atoms with Crippen molar-refractivity contribution in [1.82, 2.24) is 12.9 Å². The average molecular weight is 548 g/mol. The summed E-state index contributed by atoms with van der Waals surface area (Å²) >= 11 is 2.17. The molecule has 9 heteroatoms. The lowest BCUT2D eigenvalue weighted by atomic mass is 10.00. The van der Waals surface area contributed by atoms with E-state index in [0.29, 0.717) is 30.8 Å². The zero-order valence-corrected chi connectivity index (χ0v) is 19.6. The number of piperidine rings is 1. The number of rotatable bonds is 3. The number of nitrogens with zero attached hydrogens (tertiary/aromatic N) is 4. The van der Waals surface area contributed by atoms with Crippen LogP contribution in [0.2, 0.25) is 0 Å². The fourth-order valence-corrected chi connectivity index (χ4v) is 5.24. The summed E-state index contributed by atoms with van der Waals surface area (Å²) in [5, 5.41) is 4.03. The van der Waals surface area contributed by atoms with Crippen LogP contribution in [0, 0.1) is 25.5 Å². The Morgan fingerprint density at radius 2 is 1.94 bits per heavy atom. The van der Waals surface area contributed by atoms with Crippen molar-refractivity contribution in [3.05, 3.63) is 65.3 Å². The Hall–Kier alpha value is -2.82. The number of aryl methyl sites for hydroxylation is 2. The van der Waals surface area contributed by atoms with Crippen LogP contribution in [0.25, 0.3) is 22.2 Å². The number of fused-ring (bicyclic) bond motifs is 1. The van der Waals surface area contributed by atoms with Crippen molar-refractivity contribution < 1.29 is 18.1 Å². The summed E-state index contributed by atoms with van der Waals surface area (Å²) in [7, 11) is 0. The van der Waals surface area contributed by atoms with Crippen molar-refractivity contribution in [2.24, 2.45) is 0 Å². The molecule has 2 aromatic carbocycles. The second-order valence-corrected chi connectivity index (χ2v) is 8.89. The first-order chi connectivity index (χ1) is 15.3. The first-order valence-electron chi connectivity index (χ1n) is 10.2. The third-order valence-electron chi connectivity index (χ3n) is 5.87. The van der Waals surface area contributed by atoms with Crippen LogP contribution in [0.3, 0.4) is 0 Å². The molecule has 6 nitrogen and oxygen atoms in total. The Labute approximate surface area is 196 Å². The molecule has 1 saturated heterocycles. The van der Waals surface area contributed by atoms with Gasteiger partial charge in [0.2, 0.25) is 5.91 Å². The Bertz CT molecular complexity index is 1340. The normalized spacial score (nSPS) is 16.8. The Kier molecular flexibility index (Phi) is 5.23. The molecule has 0 saturated carbocycles. The number of carbonyl (C=O) groups is 1. The van der Waals surface area contributed by atoms with Crippen LogP contribution in [-0.2, 0) is 4.79 Å². The lowest BCUT2D eigenvalue weighted by Gasteiger charge is -2.35. The molecular weight excluding hydrogens is 529 g/mol. The minimum Gasteiger partial charge on any atom is -0.361 e. The number of halogens is 3. The van der Waals surface area contributed by atoms with Crippen LogP contribution in [-0.4, -0.2) is 18.8 Å². The van der Waals surface area contributed by atoms with Crippen molar-refractivity contribution in [3.63, 3.8) is 0 Å². The van der Waals surface area contributed by atoms with Gasteiger partial charge in [0.05, 0.1) is 45.6 Å². The number of hydrogen-bond donors (Lipinski definition) is 0. The molecule has 0 N–H and O–H groups in total. The number of anilines is 1. The van der Waals surface area contributed by atoms with Gasteiger partial charge >= 0.3 is 0 Å². The van der Waals surface area contributed by atoms with E-state index in [1.165, 1.54) is 11.0 Å². The van der Waals surface area contributed by atoms with Gasteiger partial charge < -0.3 is 9.42 Å². The minimum absolute atomic E-state index is 0.132. The third-order valence-corrected chi connectivity index (χ3v) is 6.89. The summed E-state index contributed by atoms with van der Waals surface area (Å²) in [6.07, 6.45) is 1.73. The van der Waals surface area contributed by atoms with Gasteiger partial charge in [0.1, 0.15) is 11.6 Å². The lowest BCUT2D eigenvalue weighted by Crippen LogP contribution is -2.39. The summed E-state index contributed by atoms with van der Waals surface area (Å²) in [5.74, 6) is -0.630. The number of aromatic nitrogens is 3. The molecule has 0 bridgehead atoms. The highest BCUT2D eigenvalue weighted by Crippen LogP contribution is 2.39. The van der Waals surface area contributed by atoms with Gasteiger partial charge in [-0.3, -0.25) is 7.58 Å². The van der Waals surface area contributed by atoms with Crippen LogP contribution < -0.4 is 4.90 Å². The number of imidazole rings is 1. The number of benzene rings is 2. The quantitative estimate of drug-likeness (QED) is 0.293. The minimum atomic E-state index is -0.980. The molecule has 0 spiro atoms. The average Bonchev–Trinajstić information content (AvgIpc) is 3.28. The molecule has 32 heavy (non-hydrogen) atoms. The Morgan fingerprint density at radius 3 is 2.66 bits per heavy atom. The highest BCUT2D eigenvalue weighted by molar-refractivity contribution is 14.1. The molecule has 2 aromatic heterocycles. The molecule has 1 atom stereocenters. The maximum atomic E-state index is 13.9. The molecule has 164 valence electrons. The van der Waals surface area contributed by atoms with Crippen LogP contribution in [0.5, 0.6) is 0 Å². The van der Waals surface area contributed by atoms with E-state index >= 15 is 0 Å². The van der Waals surface area contributed by atoms with Gasteiger partial charge in [0, 0.05) is 23.7 Å². The predicted molar refractivity (Wildman–Crippen MR) is 125 cm³/mol. The second-order valence-electron chi connectivity index (χ2n) is 7.92. The fourth-order valence-electron chi connectivity index (χ4n) is 4.40. The highest BCUT2D eigenvalue weighted by Gasteiger charge is 2.34. The van der Waals surface area contributed by atoms with E-state index in [1.54, 1.807) is 0 Å². The van der Waals surface area contributed by atoms with Crippen LogP contribution >= 0.6 is 22.9 Å². The van der Waals surface area contributed by atoms with Crippen molar-refractivity contribution in [2.45, 2.75) is 39.2 Å². The van der Waals surface area contributed by atoms with Crippen molar-refractivity contribution >= 4 is 45.5 Å². The smallest absolute Gasteiger partial charge is 0.227 e. The van der Waals surface area contributed by atoms with Gasteiger partial charge in [-0.1, -0.05) is 11.2 Å². The molecule has 1 fully saturated rings. The molecule has 0 aliphatic carbocycles. The number of hydrogen-bond acceptors (Lipinski definition) is 4. The zero-order valence-electron chi connectivity index (χ0n) is 17.4. The molecule has 1 aliphatic rings. The molecule has 4 aromatic rings. The van der Waals surface area contributed by atoms with Crippen LogP contribution in [0.4, 0.5) is 14.5 Å². The van der Waals surface area contributed by atoms with Crippen molar-refractivity contribution in [2.75, 3.05) is 4.90 Å². The van der Waals surface area contributed by atoms with Gasteiger partial charge in [0.15, 0.2) is 11.6 Å². The van der Waals surface area contributed by atoms with Gasteiger partial charge in [0.25, 0.3) is 0 Å². The first kappa shape index (κ1) is 21.0. The number of amides is 1. The molecular formula is C23H19F2IN4O2. The summed E-state index contributed by atoms with van der Waals surface area (Å²) in [6.45, 7) is 3.76. The van der Waals surface area contributed by atoms with E-state index in [-0.39, 0.29) is 11.9 Å². The van der Waals surface area contributed by atoms with E-state index in [1.807, 2.05) is 34.8 Å². The molecule has 1 amide bonds. The van der Waals surface area contributed by atoms with Gasteiger partial charge in [-0.2, -0.15) is 0 Å². The maximum absolute atomic E-state index is 13.9. The molecule has 5 rings (SSSR count). The third kappa shape index (κ3) is 3.39. The SMILES string of the molecule is Cc1noc(C)c1-c1ccc2c(c1)nc(C1CCCC(=O)N1c1ccc(F)c(F)c1)n2I. The Balaban J connectivity index is 1.61. The predicted octanol–water partition coefficient (Wildman–Crippen LogP) is 6.04. The summed E-state index contributed by atoms with van der Waals surface area (Å²) in [4.78, 5) is 19.2. The van der Waals surface area contributed by atoms with Crippen LogP contribution in [0.15, 0.2) is 40.9 Å². The Morgan fingerprint density at radius 1 is 1.12 bits per heavy atom. The molecule has 0 radical (unpaired) electrons. The van der Waals surface area contributed by atoms with E-state index in [9.17, 15) is 13.6 Å². The first-order valence-corrected chi connectivity index (χ1v) is 11.2. The monoisotopic (exact) mass is 548 g/mol. The molecule has 1 unspecified atom stereocenters. The summed E-state index contributed by atoms with van der Waals surface area (Å²) in [6, 6.07) is 9.12. The molecule has 3 heterocycles. The summed E-state index contributed by atoms with van der Waals surface area (Å²) in [5.41, 5.74) is 4.70. The van der Waals surface area contributed by atoms with Gasteiger partial charge in [-0.25, -0.2) is 13.8 Å². The van der Waals surface area contributed by atoms with Crippen molar-refractivity contribution in [1.29, 1.82) is 0 Å². The maximum Gasteiger partial charge on any atom is 0.227 e. The topological polar surface area (TPSA) is 64.2 Å². The largest absolute Gasteiger partial charge is 0.361 e. The van der Waals surface area contributed by atoms with Crippen LogP contribution in [0.1, 0.15) is 42.6 Å². The van der Waals surface area contributed by atoms with E-state index in [0.717, 1.165) is 45.7 Å².